The maximum Gasteiger partial charge on any atom is 0.271 e. The van der Waals surface area contributed by atoms with Gasteiger partial charge in [0.25, 0.3) is 11.8 Å². The van der Waals surface area contributed by atoms with Gasteiger partial charge in [-0.3, -0.25) is 25.4 Å². The number of hydrazine groups is 1. The number of benzene rings is 4. The van der Waals surface area contributed by atoms with Crippen LogP contribution in [-0.2, 0) is 0 Å². The molecular formula is C39H39FN6O7. The minimum Gasteiger partial charge on any atom is -0.508 e. The summed E-state index contributed by atoms with van der Waals surface area (Å²) in [5, 5.41) is 14.4. The van der Waals surface area contributed by atoms with Crippen molar-refractivity contribution in [1.82, 2.24) is 15.4 Å². The predicted octanol–water partition coefficient (Wildman–Crippen LogP) is 6.87. The number of phenolic OH excluding ortho intramolecular Hbond substituents is 1. The lowest BCUT2D eigenvalue weighted by Crippen LogP contribution is -2.29. The minimum atomic E-state index is -0.602. The lowest BCUT2D eigenvalue weighted by Gasteiger charge is -2.15. The molecule has 14 heteroatoms. The average Bonchev–Trinajstić information content (AvgIpc) is 3.15. The highest BCUT2D eigenvalue weighted by Gasteiger charge is 2.17. The number of carbonyl (C=O) groups excluding carboxylic acids is 2. The molecule has 274 valence electrons. The average molecular weight is 723 g/mol. The third kappa shape index (κ3) is 8.22. The summed E-state index contributed by atoms with van der Waals surface area (Å²) in [6.45, 7) is 5.27. The highest BCUT2D eigenvalue weighted by Crippen LogP contribution is 2.35. The molecule has 53 heavy (non-hydrogen) atoms. The molecule has 0 bridgehead atoms. The van der Waals surface area contributed by atoms with Gasteiger partial charge in [-0.1, -0.05) is 6.07 Å². The lowest BCUT2D eigenvalue weighted by atomic mass is 10.1. The van der Waals surface area contributed by atoms with Gasteiger partial charge in [-0.15, -0.1) is 0 Å². The summed E-state index contributed by atoms with van der Waals surface area (Å²) in [5.74, 6) is 1.37. The first-order valence-electron chi connectivity index (χ1n) is 16.1. The number of methoxy groups -OCH3 is 4. The number of anilines is 3. The molecule has 0 aliphatic heterocycles. The Hall–Kier alpha value is -6.83. The number of nitrogens with zero attached hydrogens (tertiary/aromatic N) is 2. The first-order valence-corrected chi connectivity index (χ1v) is 16.1. The quantitative estimate of drug-likeness (QED) is 0.0736. The number of pyridine rings is 2. The van der Waals surface area contributed by atoms with Gasteiger partial charge in [0.15, 0.2) is 23.0 Å². The van der Waals surface area contributed by atoms with Gasteiger partial charge in [0.2, 0.25) is 0 Å². The zero-order valence-electron chi connectivity index (χ0n) is 30.2. The monoisotopic (exact) mass is 722 g/mol. The van der Waals surface area contributed by atoms with Crippen molar-refractivity contribution < 1.29 is 38.0 Å². The number of rotatable bonds is 10. The fraction of sp³-hybridized carbons (Fsp3) is 0.179. The Morgan fingerprint density at radius 1 is 0.755 bits per heavy atom. The molecule has 0 unspecified atom stereocenters. The number of ether oxygens (including phenoxy) is 4. The van der Waals surface area contributed by atoms with Gasteiger partial charge in [-0.2, -0.15) is 0 Å². The van der Waals surface area contributed by atoms with Crippen LogP contribution < -0.4 is 40.8 Å². The number of amides is 2. The number of aromatic hydroxyl groups is 1. The number of halogens is 1. The smallest absolute Gasteiger partial charge is 0.271 e. The van der Waals surface area contributed by atoms with Crippen molar-refractivity contribution in [2.75, 3.05) is 39.2 Å². The maximum absolute atomic E-state index is 13.5. The number of aromatic nitrogens is 2. The second-order valence-corrected chi connectivity index (χ2v) is 11.8. The van der Waals surface area contributed by atoms with E-state index >= 15 is 0 Å². The number of hydrogen-bond donors (Lipinski definition) is 5. The zero-order chi connectivity index (χ0) is 38.4. The molecule has 0 aliphatic carbocycles. The number of primary amides is 1. The summed E-state index contributed by atoms with van der Waals surface area (Å²) in [7, 11) is 6.17. The summed E-state index contributed by atoms with van der Waals surface area (Å²) in [4.78, 5) is 33.2. The molecule has 6 rings (SSSR count). The van der Waals surface area contributed by atoms with E-state index in [1.165, 1.54) is 19.4 Å². The van der Waals surface area contributed by atoms with E-state index in [0.29, 0.717) is 67.6 Å². The Labute approximate surface area is 304 Å². The van der Waals surface area contributed by atoms with E-state index in [4.69, 9.17) is 24.7 Å². The SMILES string of the molecule is COc1cc2cc(C(=O)NNc3cccc(F)c3C)cnc2cc1OC.COc1cc2cc(C(N)=O)c(Nc3cc(C)c(O)cc3C)nc2cc1OC. The Morgan fingerprint density at radius 2 is 1.36 bits per heavy atom. The molecular weight excluding hydrogens is 683 g/mol. The van der Waals surface area contributed by atoms with E-state index in [2.05, 4.69) is 26.1 Å². The van der Waals surface area contributed by atoms with E-state index < -0.39 is 11.8 Å². The maximum atomic E-state index is 13.5. The molecule has 0 radical (unpaired) electrons. The molecule has 0 saturated heterocycles. The van der Waals surface area contributed by atoms with Crippen molar-refractivity contribution >= 4 is 50.8 Å². The topological polar surface area (TPSA) is 179 Å². The summed E-state index contributed by atoms with van der Waals surface area (Å²) in [5.41, 5.74) is 15.9. The van der Waals surface area contributed by atoms with E-state index in [1.807, 2.05) is 6.92 Å². The number of nitrogens with one attached hydrogen (secondary N) is 3. The highest BCUT2D eigenvalue weighted by atomic mass is 19.1. The van der Waals surface area contributed by atoms with Crippen LogP contribution in [0.3, 0.4) is 0 Å². The van der Waals surface area contributed by atoms with Crippen LogP contribution in [0.1, 0.15) is 37.4 Å². The molecule has 0 spiro atoms. The molecule has 4 aromatic carbocycles. The second-order valence-electron chi connectivity index (χ2n) is 11.8. The fourth-order valence-electron chi connectivity index (χ4n) is 5.37. The van der Waals surface area contributed by atoms with Gasteiger partial charge in [0, 0.05) is 40.4 Å². The molecule has 0 fully saturated rings. The van der Waals surface area contributed by atoms with Gasteiger partial charge in [0.1, 0.15) is 17.4 Å². The normalized spacial score (nSPS) is 10.6. The number of nitrogens with two attached hydrogens (primary N) is 1. The van der Waals surface area contributed by atoms with Gasteiger partial charge in [0.05, 0.1) is 56.3 Å². The molecule has 0 saturated carbocycles. The van der Waals surface area contributed by atoms with Crippen LogP contribution in [0.25, 0.3) is 21.8 Å². The first-order chi connectivity index (χ1) is 25.4. The van der Waals surface area contributed by atoms with E-state index in [9.17, 15) is 19.1 Å². The second kappa shape index (κ2) is 16.0. The minimum absolute atomic E-state index is 0.205. The van der Waals surface area contributed by atoms with Gasteiger partial charge in [-0.05, 0) is 80.4 Å². The Morgan fingerprint density at radius 3 is 1.98 bits per heavy atom. The Balaban J connectivity index is 0.000000204. The molecule has 6 aromatic rings. The van der Waals surface area contributed by atoms with Crippen molar-refractivity contribution in [3.05, 3.63) is 107 Å². The molecule has 0 aliphatic rings. The third-order valence-electron chi connectivity index (χ3n) is 8.41. The number of phenols is 1. The van der Waals surface area contributed by atoms with E-state index in [1.54, 1.807) is 95.8 Å². The van der Waals surface area contributed by atoms with Gasteiger partial charge in [-0.25, -0.2) is 9.37 Å². The van der Waals surface area contributed by atoms with Crippen LogP contribution in [0.15, 0.2) is 72.9 Å². The predicted molar refractivity (Wildman–Crippen MR) is 201 cm³/mol. The van der Waals surface area contributed by atoms with Crippen LogP contribution in [0.2, 0.25) is 0 Å². The van der Waals surface area contributed by atoms with Crippen molar-refractivity contribution in [1.29, 1.82) is 0 Å². The van der Waals surface area contributed by atoms with Crippen molar-refractivity contribution in [3.8, 4) is 28.7 Å². The van der Waals surface area contributed by atoms with Crippen molar-refractivity contribution in [3.63, 3.8) is 0 Å². The van der Waals surface area contributed by atoms with E-state index in [0.717, 1.165) is 16.6 Å². The molecule has 13 nitrogen and oxygen atoms in total. The summed E-state index contributed by atoms with van der Waals surface area (Å²) >= 11 is 0. The molecule has 2 aromatic heterocycles. The largest absolute Gasteiger partial charge is 0.508 e. The van der Waals surface area contributed by atoms with Crippen LogP contribution in [0, 0.1) is 26.6 Å². The Kier molecular flexibility index (Phi) is 11.3. The molecule has 6 N–H and O–H groups in total. The molecule has 2 amide bonds. The number of aryl methyl sites for hydroxylation is 2. The molecule has 0 atom stereocenters. The summed E-state index contributed by atoms with van der Waals surface area (Å²) in [6, 6.07) is 18.4. The number of fused-ring (bicyclic) bond motifs is 2. The number of carbonyl (C=O) groups is 2. The summed E-state index contributed by atoms with van der Waals surface area (Å²) in [6.07, 6.45) is 1.46. The van der Waals surface area contributed by atoms with Crippen molar-refractivity contribution in [2.45, 2.75) is 20.8 Å². The van der Waals surface area contributed by atoms with Crippen LogP contribution in [0.5, 0.6) is 28.7 Å². The third-order valence-corrected chi connectivity index (χ3v) is 8.41. The van der Waals surface area contributed by atoms with Crippen LogP contribution in [-0.4, -0.2) is 55.3 Å². The van der Waals surface area contributed by atoms with Gasteiger partial charge < -0.3 is 35.1 Å². The number of hydrogen-bond acceptors (Lipinski definition) is 11. The zero-order valence-corrected chi connectivity index (χ0v) is 30.2. The summed E-state index contributed by atoms with van der Waals surface area (Å²) < 4.78 is 34.7. The Bertz CT molecular complexity index is 2350. The van der Waals surface area contributed by atoms with Gasteiger partial charge >= 0.3 is 0 Å². The standard InChI is InChI=1S/C20H21N3O4.C19H18FN3O3/c1-10-6-16(24)11(2)5-14(10)22-20-13(19(21)25)7-12-8-17(26-3)18(27-4)9-15(12)23-20;1-11-14(20)5-4-6-15(11)22-23-19(24)13-7-12-8-17(25-2)18(26-3)9-16(12)21-10-13/h5-9,24H,1-4H3,(H2,21,25)(H,22,23);4-10,22H,1-3H3,(H,23,24). The lowest BCUT2D eigenvalue weighted by molar-refractivity contribution is 0.0960. The van der Waals surface area contributed by atoms with Crippen molar-refractivity contribution in [2.24, 2.45) is 5.73 Å². The van der Waals surface area contributed by atoms with E-state index in [-0.39, 0.29) is 17.1 Å². The first kappa shape index (κ1) is 37.4. The van der Waals surface area contributed by atoms with Crippen LogP contribution >= 0.6 is 0 Å². The molecule has 2 heterocycles. The van der Waals surface area contributed by atoms with Crippen LogP contribution in [0.4, 0.5) is 21.6 Å². The fourth-order valence-corrected chi connectivity index (χ4v) is 5.37. The highest BCUT2D eigenvalue weighted by molar-refractivity contribution is 6.02.